The minimum absolute atomic E-state index is 0.0652. The van der Waals surface area contributed by atoms with Gasteiger partial charge in [0, 0.05) is 37.2 Å². The number of carbonyl (C=O) groups is 2. The molecule has 0 spiro atoms. The molecule has 2 aliphatic rings. The molecule has 1 amide bonds. The fraction of sp³-hybridized carbons (Fsp3) is 0.652. The van der Waals surface area contributed by atoms with E-state index in [1.165, 1.54) is 20.0 Å². The summed E-state index contributed by atoms with van der Waals surface area (Å²) in [7, 11) is 1.43. The Morgan fingerprint density at radius 1 is 1.20 bits per heavy atom. The molecular weight excluding hydrogens is 404 g/mol. The van der Waals surface area contributed by atoms with Gasteiger partial charge in [-0.25, -0.2) is 0 Å². The minimum atomic E-state index is -0.157. The highest BCUT2D eigenvalue weighted by atomic mass is 35.5. The van der Waals surface area contributed by atoms with Gasteiger partial charge < -0.3 is 19.7 Å². The Bertz CT molecular complexity index is 728. The van der Waals surface area contributed by atoms with Gasteiger partial charge in [0.15, 0.2) is 0 Å². The Morgan fingerprint density at radius 3 is 2.53 bits per heavy atom. The summed E-state index contributed by atoms with van der Waals surface area (Å²) in [6, 6.07) is 5.91. The van der Waals surface area contributed by atoms with Crippen LogP contribution in [0.1, 0.15) is 68.6 Å². The van der Waals surface area contributed by atoms with Crippen molar-refractivity contribution >= 4 is 23.5 Å². The first-order chi connectivity index (χ1) is 14.5. The molecule has 0 bridgehead atoms. The monoisotopic (exact) mass is 436 g/mol. The van der Waals surface area contributed by atoms with Gasteiger partial charge in [-0.15, -0.1) is 0 Å². The van der Waals surface area contributed by atoms with Crippen molar-refractivity contribution in [1.82, 2.24) is 10.2 Å². The van der Waals surface area contributed by atoms with Crippen molar-refractivity contribution in [3.05, 3.63) is 28.8 Å². The third kappa shape index (κ3) is 6.35. The number of hydrogen-bond acceptors (Lipinski definition) is 5. The smallest absolute Gasteiger partial charge is 0.305 e. The average molecular weight is 437 g/mol. The molecule has 6 nitrogen and oxygen atoms in total. The Balaban J connectivity index is 1.46. The van der Waals surface area contributed by atoms with Crippen LogP contribution >= 0.6 is 11.6 Å². The van der Waals surface area contributed by atoms with Crippen molar-refractivity contribution < 1.29 is 19.1 Å². The average Bonchev–Trinajstić information content (AvgIpc) is 3.26. The number of esters is 1. The Morgan fingerprint density at radius 2 is 1.90 bits per heavy atom. The summed E-state index contributed by atoms with van der Waals surface area (Å²) >= 11 is 6.41. The second-order valence-electron chi connectivity index (χ2n) is 8.42. The highest BCUT2D eigenvalue weighted by Gasteiger charge is 2.25. The lowest BCUT2D eigenvalue weighted by molar-refractivity contribution is -0.141. The van der Waals surface area contributed by atoms with E-state index in [0.29, 0.717) is 28.8 Å². The van der Waals surface area contributed by atoms with E-state index in [1.54, 1.807) is 18.2 Å². The van der Waals surface area contributed by atoms with E-state index in [4.69, 9.17) is 21.1 Å². The van der Waals surface area contributed by atoms with Gasteiger partial charge in [-0.3, -0.25) is 9.59 Å². The molecule has 0 radical (unpaired) electrons. The Labute approximate surface area is 184 Å². The number of nitrogens with one attached hydrogen (secondary N) is 1. The molecule has 0 aromatic heterocycles. The molecule has 1 aromatic rings. The summed E-state index contributed by atoms with van der Waals surface area (Å²) in [5.41, 5.74) is 0.577. The van der Waals surface area contributed by atoms with E-state index >= 15 is 0 Å². The second kappa shape index (κ2) is 11.0. The molecule has 1 aromatic carbocycles. The maximum Gasteiger partial charge on any atom is 0.305 e. The van der Waals surface area contributed by atoms with Crippen LogP contribution in [0, 0.1) is 0 Å². The summed E-state index contributed by atoms with van der Waals surface area (Å²) in [6.45, 7) is 4.00. The number of amides is 1. The first kappa shape index (κ1) is 22.9. The molecule has 2 fully saturated rings. The second-order valence-corrected chi connectivity index (χ2v) is 8.82. The number of ether oxygens (including phenoxy) is 2. The number of rotatable bonds is 8. The Kier molecular flexibility index (Phi) is 8.40. The Hall–Kier alpha value is -1.79. The molecule has 1 heterocycles. The number of likely N-dealkylation sites (tertiary alicyclic amines) is 1. The van der Waals surface area contributed by atoms with Crippen molar-refractivity contribution in [1.29, 1.82) is 0 Å². The van der Waals surface area contributed by atoms with Crippen LogP contribution in [-0.4, -0.2) is 55.2 Å². The van der Waals surface area contributed by atoms with Gasteiger partial charge >= 0.3 is 5.97 Å². The summed E-state index contributed by atoms with van der Waals surface area (Å²) in [4.78, 5) is 26.2. The molecule has 1 aliphatic carbocycles. The lowest BCUT2D eigenvalue weighted by Crippen LogP contribution is -2.43. The standard InChI is InChI=1S/C23H33ClN2O4/c1-16(7-10-22(27)29-2)26-13-11-19(12-14-26)30-21-9-8-17(15-20(21)24)23(28)25-18-5-3-4-6-18/h8-9,15-16,18-19H,3-7,10-14H2,1-2H3,(H,25,28). The van der Waals surface area contributed by atoms with E-state index in [-0.39, 0.29) is 24.0 Å². The summed E-state index contributed by atoms with van der Waals surface area (Å²) < 4.78 is 10.9. The topological polar surface area (TPSA) is 67.9 Å². The van der Waals surface area contributed by atoms with Gasteiger partial charge in [-0.2, -0.15) is 0 Å². The zero-order valence-corrected chi connectivity index (χ0v) is 18.7. The molecule has 1 atom stereocenters. The van der Waals surface area contributed by atoms with Gasteiger partial charge in [-0.1, -0.05) is 24.4 Å². The van der Waals surface area contributed by atoms with E-state index < -0.39 is 0 Å². The van der Waals surface area contributed by atoms with Crippen LogP contribution < -0.4 is 10.1 Å². The van der Waals surface area contributed by atoms with Crippen molar-refractivity contribution in [3.8, 4) is 5.75 Å². The predicted molar refractivity (Wildman–Crippen MR) is 117 cm³/mol. The molecule has 1 aliphatic heterocycles. The fourth-order valence-corrected chi connectivity index (χ4v) is 4.53. The normalized spacial score (nSPS) is 19.4. The van der Waals surface area contributed by atoms with Crippen molar-refractivity contribution in [2.45, 2.75) is 76.5 Å². The summed E-state index contributed by atoms with van der Waals surface area (Å²) in [6.07, 6.45) is 7.64. The molecule has 3 rings (SSSR count). The highest BCUT2D eigenvalue weighted by molar-refractivity contribution is 6.32. The maximum absolute atomic E-state index is 12.4. The lowest BCUT2D eigenvalue weighted by Gasteiger charge is -2.36. The van der Waals surface area contributed by atoms with Crippen molar-refractivity contribution in [2.24, 2.45) is 0 Å². The number of hydrogen-bond donors (Lipinski definition) is 1. The predicted octanol–water partition coefficient (Wildman–Crippen LogP) is 4.20. The molecule has 30 heavy (non-hydrogen) atoms. The number of piperidine rings is 1. The first-order valence-electron chi connectivity index (χ1n) is 11.0. The molecule has 1 saturated carbocycles. The first-order valence-corrected chi connectivity index (χ1v) is 11.4. The van der Waals surface area contributed by atoms with E-state index in [9.17, 15) is 9.59 Å². The van der Waals surface area contributed by atoms with Gasteiger partial charge in [0.25, 0.3) is 5.91 Å². The van der Waals surface area contributed by atoms with Crippen molar-refractivity contribution in [2.75, 3.05) is 20.2 Å². The zero-order chi connectivity index (χ0) is 21.5. The number of benzene rings is 1. The summed E-state index contributed by atoms with van der Waals surface area (Å²) in [5.74, 6) is 0.408. The highest BCUT2D eigenvalue weighted by Crippen LogP contribution is 2.29. The zero-order valence-electron chi connectivity index (χ0n) is 18.0. The number of carbonyl (C=O) groups excluding carboxylic acids is 2. The van der Waals surface area contributed by atoms with Crippen LogP contribution in [0.4, 0.5) is 0 Å². The SMILES string of the molecule is COC(=O)CCC(C)N1CCC(Oc2ccc(C(=O)NC3CCCC3)cc2Cl)CC1. The summed E-state index contributed by atoms with van der Waals surface area (Å²) in [5, 5.41) is 3.56. The third-order valence-electron chi connectivity index (χ3n) is 6.27. The van der Waals surface area contributed by atoms with Gasteiger partial charge in [0.1, 0.15) is 11.9 Å². The molecule has 1 saturated heterocycles. The van der Waals surface area contributed by atoms with Gasteiger partial charge in [0.2, 0.25) is 0 Å². The quantitative estimate of drug-likeness (QED) is 0.618. The molecule has 166 valence electrons. The van der Waals surface area contributed by atoms with Crippen molar-refractivity contribution in [3.63, 3.8) is 0 Å². The minimum Gasteiger partial charge on any atom is -0.489 e. The van der Waals surface area contributed by atoms with Gasteiger partial charge in [-0.05, 0) is 57.2 Å². The van der Waals surface area contributed by atoms with Crippen LogP contribution in [0.15, 0.2) is 18.2 Å². The van der Waals surface area contributed by atoms with Crippen LogP contribution in [0.2, 0.25) is 5.02 Å². The largest absolute Gasteiger partial charge is 0.489 e. The lowest BCUT2D eigenvalue weighted by atomic mass is 10.0. The fourth-order valence-electron chi connectivity index (χ4n) is 4.30. The van der Waals surface area contributed by atoms with Crippen LogP contribution in [0.25, 0.3) is 0 Å². The van der Waals surface area contributed by atoms with E-state index in [2.05, 4.69) is 17.1 Å². The number of nitrogens with zero attached hydrogens (tertiary/aromatic N) is 1. The number of halogens is 1. The van der Waals surface area contributed by atoms with E-state index in [1.807, 2.05) is 0 Å². The van der Waals surface area contributed by atoms with Gasteiger partial charge in [0.05, 0.1) is 12.1 Å². The maximum atomic E-state index is 12.4. The molecular formula is C23H33ClN2O4. The molecule has 7 heteroatoms. The van der Waals surface area contributed by atoms with E-state index in [0.717, 1.165) is 45.2 Å². The molecule has 1 N–H and O–H groups in total. The number of methoxy groups -OCH3 is 1. The molecule has 1 unspecified atom stereocenters. The van der Waals surface area contributed by atoms with Crippen LogP contribution in [0.5, 0.6) is 5.75 Å². The third-order valence-corrected chi connectivity index (χ3v) is 6.57. The van der Waals surface area contributed by atoms with Crippen LogP contribution in [0.3, 0.4) is 0 Å². The van der Waals surface area contributed by atoms with Crippen LogP contribution in [-0.2, 0) is 9.53 Å².